The number of carbonyl (C=O) groups excluding carboxylic acids is 1. The van der Waals surface area contributed by atoms with Crippen LogP contribution >= 0.6 is 0 Å². The maximum Gasteiger partial charge on any atom is 0.262 e. The summed E-state index contributed by atoms with van der Waals surface area (Å²) in [6.07, 6.45) is 0.171. The Morgan fingerprint density at radius 1 is 0.921 bits per heavy atom. The van der Waals surface area contributed by atoms with Crippen LogP contribution in [-0.2, 0) is 37.4 Å². The van der Waals surface area contributed by atoms with Gasteiger partial charge in [0.25, 0.3) is 5.91 Å². The second-order valence-corrected chi connectivity index (χ2v) is 10.6. The van der Waals surface area contributed by atoms with Crippen molar-refractivity contribution in [3.8, 4) is 11.8 Å². The number of hydrogen-bond donors (Lipinski definition) is 2. The Morgan fingerprint density at radius 3 is 2.13 bits per heavy atom. The molecule has 1 unspecified atom stereocenters. The average Bonchev–Trinajstić information content (AvgIpc) is 2.94. The number of amides is 1. The predicted octanol–water partition coefficient (Wildman–Crippen LogP) is 2.49. The molecule has 0 aliphatic carbocycles. The van der Waals surface area contributed by atoms with E-state index in [1.807, 2.05) is 42.5 Å². The maximum atomic E-state index is 13.0. The van der Waals surface area contributed by atoms with E-state index < -0.39 is 22.0 Å². The molecule has 3 aromatic rings. The molecule has 1 heterocycles. The van der Waals surface area contributed by atoms with Gasteiger partial charge in [-0.2, -0.15) is 4.72 Å². The van der Waals surface area contributed by atoms with Gasteiger partial charge >= 0.3 is 0 Å². The van der Waals surface area contributed by atoms with Crippen molar-refractivity contribution in [1.29, 1.82) is 0 Å². The summed E-state index contributed by atoms with van der Waals surface area (Å²) in [7, 11) is -2.67. The van der Waals surface area contributed by atoms with Crippen LogP contribution in [0.4, 0.5) is 0 Å². The summed E-state index contributed by atoms with van der Waals surface area (Å²) >= 11 is 0. The van der Waals surface area contributed by atoms with Crippen LogP contribution in [0.25, 0.3) is 0 Å². The highest BCUT2D eigenvalue weighted by Gasteiger charge is 2.26. The maximum absolute atomic E-state index is 13.0. The van der Waals surface area contributed by atoms with Gasteiger partial charge in [0.15, 0.2) is 0 Å². The molecule has 0 aromatic heterocycles. The number of carbonyl (C=O) groups is 1. The number of benzene rings is 3. The molecule has 1 saturated heterocycles. The van der Waals surface area contributed by atoms with Crippen molar-refractivity contribution in [2.24, 2.45) is 0 Å². The summed E-state index contributed by atoms with van der Waals surface area (Å²) < 4.78 is 33.9. The molecular weight excluding hydrogens is 502 g/mol. The minimum absolute atomic E-state index is 0.0406. The van der Waals surface area contributed by atoms with Crippen molar-refractivity contribution < 1.29 is 22.8 Å². The van der Waals surface area contributed by atoms with Gasteiger partial charge in [-0.25, -0.2) is 13.9 Å². The highest BCUT2D eigenvalue weighted by Crippen LogP contribution is 2.14. The Morgan fingerprint density at radius 2 is 1.53 bits per heavy atom. The van der Waals surface area contributed by atoms with Crippen LogP contribution in [0.1, 0.15) is 22.3 Å². The Balaban J connectivity index is 1.40. The lowest BCUT2D eigenvalue weighted by Crippen LogP contribution is -2.47. The highest BCUT2D eigenvalue weighted by molar-refractivity contribution is 7.89. The Bertz CT molecular complexity index is 1360. The number of hydrogen-bond acceptors (Lipinski definition) is 6. The van der Waals surface area contributed by atoms with E-state index in [9.17, 15) is 13.2 Å². The van der Waals surface area contributed by atoms with E-state index in [-0.39, 0.29) is 11.3 Å². The number of nitrogens with zero attached hydrogens (tertiary/aromatic N) is 1. The van der Waals surface area contributed by atoms with Crippen molar-refractivity contribution in [1.82, 2.24) is 15.1 Å². The minimum atomic E-state index is -3.97. The number of ether oxygens (including phenoxy) is 1. The van der Waals surface area contributed by atoms with Crippen LogP contribution in [-0.4, -0.2) is 58.7 Å². The van der Waals surface area contributed by atoms with Crippen LogP contribution in [0, 0.1) is 11.8 Å². The van der Waals surface area contributed by atoms with Gasteiger partial charge in [0, 0.05) is 30.8 Å². The van der Waals surface area contributed by atoms with Crippen molar-refractivity contribution in [2.45, 2.75) is 23.9 Å². The van der Waals surface area contributed by atoms with Crippen LogP contribution < -0.4 is 10.2 Å². The fourth-order valence-corrected chi connectivity index (χ4v) is 5.23. The summed E-state index contributed by atoms with van der Waals surface area (Å²) in [5.41, 5.74) is 5.81. The predicted molar refractivity (Wildman–Crippen MR) is 144 cm³/mol. The van der Waals surface area contributed by atoms with E-state index in [0.29, 0.717) is 5.56 Å². The lowest BCUT2D eigenvalue weighted by atomic mass is 10.1. The standard InChI is InChI=1S/C29H31N3O5S/c1-36-30-29(33)28(21-25-5-3-2-4-6-25)31-38(34,35)27-15-13-24(14-16-27)8-7-23-9-11-26(12-10-23)22-32-17-19-37-20-18-32/h2-6,9-16,28,31H,17-22H2,1H3,(H,30,33). The van der Waals surface area contributed by atoms with Crippen LogP contribution in [0.3, 0.4) is 0 Å². The van der Waals surface area contributed by atoms with Gasteiger partial charge in [-0.05, 0) is 53.9 Å². The summed E-state index contributed by atoms with van der Waals surface area (Å²) in [6, 6.07) is 22.5. The first kappa shape index (κ1) is 27.5. The quantitative estimate of drug-likeness (QED) is 0.324. The largest absolute Gasteiger partial charge is 0.379 e. The van der Waals surface area contributed by atoms with E-state index in [0.717, 1.165) is 44.0 Å². The van der Waals surface area contributed by atoms with Crippen LogP contribution in [0.2, 0.25) is 0 Å². The molecule has 1 aliphatic heterocycles. The zero-order valence-electron chi connectivity index (χ0n) is 21.2. The third-order valence-electron chi connectivity index (χ3n) is 6.08. The lowest BCUT2D eigenvalue weighted by Gasteiger charge is -2.26. The molecule has 0 spiro atoms. The first-order valence-corrected chi connectivity index (χ1v) is 13.8. The molecule has 3 aromatic carbocycles. The summed E-state index contributed by atoms with van der Waals surface area (Å²) in [5, 5.41) is 0. The Kier molecular flexibility index (Phi) is 9.65. The Labute approximate surface area is 224 Å². The van der Waals surface area contributed by atoms with E-state index in [1.165, 1.54) is 24.8 Å². The van der Waals surface area contributed by atoms with E-state index >= 15 is 0 Å². The van der Waals surface area contributed by atoms with Gasteiger partial charge in [0.1, 0.15) is 6.04 Å². The van der Waals surface area contributed by atoms with Crippen molar-refractivity contribution in [3.63, 3.8) is 0 Å². The SMILES string of the molecule is CONC(=O)C(Cc1ccccc1)NS(=O)(=O)c1ccc(C#Cc2ccc(CN3CCOCC3)cc2)cc1. The lowest BCUT2D eigenvalue weighted by molar-refractivity contribution is -0.133. The zero-order valence-corrected chi connectivity index (χ0v) is 22.0. The monoisotopic (exact) mass is 533 g/mol. The van der Waals surface area contributed by atoms with Crippen molar-refractivity contribution in [3.05, 3.63) is 101 Å². The zero-order chi connectivity index (χ0) is 26.8. The van der Waals surface area contributed by atoms with Crippen molar-refractivity contribution >= 4 is 15.9 Å². The minimum Gasteiger partial charge on any atom is -0.379 e. The molecule has 0 bridgehead atoms. The molecule has 0 radical (unpaired) electrons. The number of sulfonamides is 1. The number of morpholine rings is 1. The van der Waals surface area contributed by atoms with Gasteiger partial charge in [0.2, 0.25) is 10.0 Å². The summed E-state index contributed by atoms with van der Waals surface area (Å²) in [6.45, 7) is 4.32. The molecule has 8 nitrogen and oxygen atoms in total. The van der Waals surface area contributed by atoms with Crippen molar-refractivity contribution in [2.75, 3.05) is 33.4 Å². The number of rotatable bonds is 9. The second-order valence-electron chi connectivity index (χ2n) is 8.89. The van der Waals surface area contributed by atoms with Gasteiger partial charge in [-0.1, -0.05) is 54.3 Å². The molecule has 198 valence electrons. The second kappa shape index (κ2) is 13.3. The molecule has 9 heteroatoms. The molecular formula is C29H31N3O5S. The van der Waals surface area contributed by atoms with Gasteiger partial charge in [-0.3, -0.25) is 14.5 Å². The molecule has 1 atom stereocenters. The van der Waals surface area contributed by atoms with Gasteiger partial charge in [0.05, 0.1) is 25.2 Å². The molecule has 1 aliphatic rings. The van der Waals surface area contributed by atoms with Crippen LogP contribution in [0.15, 0.2) is 83.8 Å². The first-order valence-electron chi connectivity index (χ1n) is 12.3. The van der Waals surface area contributed by atoms with E-state index in [4.69, 9.17) is 9.57 Å². The van der Waals surface area contributed by atoms with Crippen LogP contribution in [0.5, 0.6) is 0 Å². The smallest absolute Gasteiger partial charge is 0.262 e. The number of nitrogens with one attached hydrogen (secondary N) is 2. The number of hydroxylamine groups is 1. The molecule has 0 saturated carbocycles. The van der Waals surface area contributed by atoms with E-state index in [1.54, 1.807) is 12.1 Å². The third kappa shape index (κ3) is 7.99. The normalized spacial score (nSPS) is 14.8. The molecule has 38 heavy (non-hydrogen) atoms. The molecule has 1 amide bonds. The topological polar surface area (TPSA) is 97.0 Å². The fourth-order valence-electron chi connectivity index (χ4n) is 4.04. The summed E-state index contributed by atoms with van der Waals surface area (Å²) in [5.74, 6) is 5.61. The van der Waals surface area contributed by atoms with E-state index in [2.05, 4.69) is 39.1 Å². The highest BCUT2D eigenvalue weighted by atomic mass is 32.2. The fraction of sp³-hybridized carbons (Fsp3) is 0.276. The average molecular weight is 534 g/mol. The van der Waals surface area contributed by atoms with Gasteiger partial charge < -0.3 is 4.74 Å². The Hall–Kier alpha value is -3.52. The third-order valence-corrected chi connectivity index (χ3v) is 7.57. The first-order chi connectivity index (χ1) is 18.4. The molecule has 4 rings (SSSR count). The molecule has 1 fully saturated rings. The summed E-state index contributed by atoms with van der Waals surface area (Å²) in [4.78, 5) is 19.6. The van der Waals surface area contributed by atoms with Gasteiger partial charge in [-0.15, -0.1) is 0 Å². The molecule has 2 N–H and O–H groups in total.